The average Bonchev–Trinajstić information content (AvgIpc) is 2.05. The Hall–Kier alpha value is -1.07. The van der Waals surface area contributed by atoms with E-state index in [1.807, 2.05) is 6.92 Å². The van der Waals surface area contributed by atoms with Gasteiger partial charge in [0.15, 0.2) is 0 Å². The van der Waals surface area contributed by atoms with E-state index in [0.29, 0.717) is 12.5 Å². The van der Waals surface area contributed by atoms with Gasteiger partial charge in [0.05, 0.1) is 12.2 Å². The van der Waals surface area contributed by atoms with Gasteiger partial charge in [-0.1, -0.05) is 6.07 Å². The van der Waals surface area contributed by atoms with Crippen molar-refractivity contribution in [2.24, 2.45) is 0 Å². The summed E-state index contributed by atoms with van der Waals surface area (Å²) >= 11 is 0. The lowest BCUT2D eigenvalue weighted by atomic mass is 9.86. The van der Waals surface area contributed by atoms with Gasteiger partial charge in [-0.25, -0.2) is 4.98 Å². The molecule has 5 heteroatoms. The van der Waals surface area contributed by atoms with Gasteiger partial charge >= 0.3 is 7.12 Å². The standard InChI is InChI=1S/C7H10BNO3/c1-2-12-7-5-3-4-6(9-7)8(10)11/h3-5,10-11H,2H2,1H3. The molecule has 0 saturated heterocycles. The van der Waals surface area contributed by atoms with Gasteiger partial charge < -0.3 is 14.8 Å². The first-order valence-electron chi connectivity index (χ1n) is 3.70. The molecule has 0 aromatic carbocycles. The van der Waals surface area contributed by atoms with E-state index >= 15 is 0 Å². The number of ether oxygens (including phenoxy) is 1. The van der Waals surface area contributed by atoms with E-state index in [9.17, 15) is 0 Å². The monoisotopic (exact) mass is 167 g/mol. The lowest BCUT2D eigenvalue weighted by Gasteiger charge is -2.03. The quantitative estimate of drug-likeness (QED) is 0.576. The molecule has 1 rings (SSSR count). The molecule has 0 unspecified atom stereocenters. The first kappa shape index (κ1) is 9.03. The summed E-state index contributed by atoms with van der Waals surface area (Å²) in [6, 6.07) is 4.84. The third-order valence-corrected chi connectivity index (χ3v) is 1.30. The van der Waals surface area contributed by atoms with Crippen LogP contribution >= 0.6 is 0 Å². The fraction of sp³-hybridized carbons (Fsp3) is 0.286. The van der Waals surface area contributed by atoms with Crippen LogP contribution in [0.2, 0.25) is 0 Å². The van der Waals surface area contributed by atoms with Crippen LogP contribution in [0, 0.1) is 0 Å². The molecule has 4 nitrogen and oxygen atoms in total. The van der Waals surface area contributed by atoms with Crippen LogP contribution in [0.15, 0.2) is 18.2 Å². The van der Waals surface area contributed by atoms with Crippen molar-refractivity contribution in [3.63, 3.8) is 0 Å². The number of pyridine rings is 1. The Bertz CT molecular complexity index is 254. The maximum absolute atomic E-state index is 8.75. The fourth-order valence-electron chi connectivity index (χ4n) is 0.803. The smallest absolute Gasteiger partial charge is 0.478 e. The number of hydrogen-bond acceptors (Lipinski definition) is 4. The summed E-state index contributed by atoms with van der Waals surface area (Å²) in [5.41, 5.74) is 0.195. The van der Waals surface area contributed by atoms with Crippen molar-refractivity contribution < 1.29 is 14.8 Å². The summed E-state index contributed by atoms with van der Waals surface area (Å²) in [6.07, 6.45) is 0. The minimum atomic E-state index is -1.54. The molecule has 1 heterocycles. The molecule has 1 aromatic rings. The minimum Gasteiger partial charge on any atom is -0.478 e. The molecule has 64 valence electrons. The normalized spacial score (nSPS) is 9.58. The predicted octanol–water partition coefficient (Wildman–Crippen LogP) is -0.840. The number of hydrogen-bond donors (Lipinski definition) is 2. The van der Waals surface area contributed by atoms with Gasteiger partial charge in [0.2, 0.25) is 5.88 Å². The Labute approximate surface area is 71.0 Å². The highest BCUT2D eigenvalue weighted by molar-refractivity contribution is 6.57. The van der Waals surface area contributed by atoms with Gasteiger partial charge in [0.1, 0.15) is 0 Å². The third kappa shape index (κ3) is 2.22. The van der Waals surface area contributed by atoms with Crippen LogP contribution in [-0.4, -0.2) is 28.8 Å². The van der Waals surface area contributed by atoms with Gasteiger partial charge in [-0.15, -0.1) is 0 Å². The van der Waals surface area contributed by atoms with Crippen LogP contribution in [-0.2, 0) is 0 Å². The molecule has 0 spiro atoms. The van der Waals surface area contributed by atoms with E-state index in [0.717, 1.165) is 0 Å². The average molecular weight is 167 g/mol. The molecule has 0 amide bonds. The minimum absolute atomic E-state index is 0.195. The number of nitrogens with zero attached hydrogens (tertiary/aromatic N) is 1. The molecular weight excluding hydrogens is 157 g/mol. The van der Waals surface area contributed by atoms with Gasteiger partial charge in [-0.2, -0.15) is 0 Å². The van der Waals surface area contributed by atoms with E-state index in [4.69, 9.17) is 14.8 Å². The second-order valence-corrected chi connectivity index (χ2v) is 2.21. The zero-order valence-corrected chi connectivity index (χ0v) is 6.77. The second-order valence-electron chi connectivity index (χ2n) is 2.21. The van der Waals surface area contributed by atoms with E-state index in [2.05, 4.69) is 4.98 Å². The fourth-order valence-corrected chi connectivity index (χ4v) is 0.803. The van der Waals surface area contributed by atoms with Crippen molar-refractivity contribution in [1.29, 1.82) is 0 Å². The molecule has 0 aliphatic carbocycles. The molecule has 0 aliphatic heterocycles. The Kier molecular flexibility index (Phi) is 3.07. The van der Waals surface area contributed by atoms with Gasteiger partial charge in [0, 0.05) is 6.07 Å². The van der Waals surface area contributed by atoms with Crippen LogP contribution in [0.4, 0.5) is 0 Å². The number of rotatable bonds is 3. The Balaban J connectivity index is 2.81. The van der Waals surface area contributed by atoms with Crippen molar-refractivity contribution >= 4 is 12.7 Å². The molecular formula is C7H10BNO3. The largest absolute Gasteiger partial charge is 0.508 e. The lowest BCUT2D eigenvalue weighted by molar-refractivity contribution is 0.327. The van der Waals surface area contributed by atoms with Gasteiger partial charge in [0.25, 0.3) is 0 Å². The highest BCUT2D eigenvalue weighted by Crippen LogP contribution is 2.01. The summed E-state index contributed by atoms with van der Waals surface area (Å²) in [7, 11) is -1.54. The van der Waals surface area contributed by atoms with Crippen LogP contribution in [0.1, 0.15) is 6.92 Å². The van der Waals surface area contributed by atoms with E-state index in [-0.39, 0.29) is 5.59 Å². The third-order valence-electron chi connectivity index (χ3n) is 1.30. The molecule has 0 saturated carbocycles. The highest BCUT2D eigenvalue weighted by Gasteiger charge is 2.12. The summed E-state index contributed by atoms with van der Waals surface area (Å²) in [5.74, 6) is 0.406. The summed E-state index contributed by atoms with van der Waals surface area (Å²) < 4.78 is 5.06. The topological polar surface area (TPSA) is 62.6 Å². The van der Waals surface area contributed by atoms with Crippen LogP contribution in [0.3, 0.4) is 0 Å². The molecule has 12 heavy (non-hydrogen) atoms. The van der Waals surface area contributed by atoms with Gasteiger partial charge in [-0.05, 0) is 13.0 Å². The van der Waals surface area contributed by atoms with E-state index < -0.39 is 7.12 Å². The molecule has 2 N–H and O–H groups in total. The first-order valence-corrected chi connectivity index (χ1v) is 3.70. The molecule has 0 radical (unpaired) electrons. The predicted molar refractivity (Wildman–Crippen MR) is 45.2 cm³/mol. The molecule has 0 fully saturated rings. The molecule has 1 aromatic heterocycles. The Morgan fingerprint density at radius 3 is 2.83 bits per heavy atom. The molecule has 0 atom stereocenters. The Morgan fingerprint density at radius 2 is 2.25 bits per heavy atom. The lowest BCUT2D eigenvalue weighted by Crippen LogP contribution is -2.32. The van der Waals surface area contributed by atoms with Crippen molar-refractivity contribution in [1.82, 2.24) is 4.98 Å². The van der Waals surface area contributed by atoms with Crippen LogP contribution in [0.5, 0.6) is 5.88 Å². The SMILES string of the molecule is CCOc1cccc(B(O)O)n1. The van der Waals surface area contributed by atoms with Gasteiger partial charge in [-0.3, -0.25) is 0 Å². The first-order chi connectivity index (χ1) is 5.74. The van der Waals surface area contributed by atoms with Crippen molar-refractivity contribution in [2.45, 2.75) is 6.92 Å². The van der Waals surface area contributed by atoms with Crippen molar-refractivity contribution in [3.8, 4) is 5.88 Å². The molecule has 0 aliphatic rings. The summed E-state index contributed by atoms with van der Waals surface area (Å²) in [4.78, 5) is 3.84. The number of aromatic nitrogens is 1. The van der Waals surface area contributed by atoms with Crippen LogP contribution in [0.25, 0.3) is 0 Å². The van der Waals surface area contributed by atoms with E-state index in [1.165, 1.54) is 6.07 Å². The van der Waals surface area contributed by atoms with Crippen molar-refractivity contribution in [3.05, 3.63) is 18.2 Å². The zero-order valence-electron chi connectivity index (χ0n) is 6.77. The molecule has 0 bridgehead atoms. The maximum Gasteiger partial charge on any atom is 0.508 e. The summed E-state index contributed by atoms with van der Waals surface area (Å²) in [5, 5.41) is 17.5. The Morgan fingerprint density at radius 1 is 1.50 bits per heavy atom. The second kappa shape index (κ2) is 4.08. The van der Waals surface area contributed by atoms with E-state index in [1.54, 1.807) is 12.1 Å². The highest BCUT2D eigenvalue weighted by atomic mass is 16.5. The maximum atomic E-state index is 8.75. The van der Waals surface area contributed by atoms with Crippen LogP contribution < -0.4 is 10.3 Å². The van der Waals surface area contributed by atoms with Crippen molar-refractivity contribution in [2.75, 3.05) is 6.61 Å². The zero-order chi connectivity index (χ0) is 8.97. The summed E-state index contributed by atoms with van der Waals surface area (Å²) in [6.45, 7) is 2.35.